The zero-order chi connectivity index (χ0) is 11.4. The van der Waals surface area contributed by atoms with Gasteiger partial charge in [-0.15, -0.1) is 0 Å². The van der Waals surface area contributed by atoms with Gasteiger partial charge in [0.1, 0.15) is 0 Å². The van der Waals surface area contributed by atoms with Crippen molar-refractivity contribution < 1.29 is 0 Å². The summed E-state index contributed by atoms with van der Waals surface area (Å²) in [7, 11) is 0. The molecule has 0 aliphatic heterocycles. The molecule has 0 amide bonds. The van der Waals surface area contributed by atoms with Gasteiger partial charge in [-0.25, -0.2) is 0 Å². The molecule has 0 aliphatic rings. The van der Waals surface area contributed by atoms with Crippen LogP contribution in [0.2, 0.25) is 0 Å². The molecule has 2 atom stereocenters. The monoisotopic (exact) mass is 209 g/mol. The zero-order valence-electron chi connectivity index (χ0n) is 10.5. The molecule has 3 heteroatoms. The number of H-pyrrole nitrogens is 1. The van der Waals surface area contributed by atoms with E-state index in [9.17, 15) is 0 Å². The van der Waals surface area contributed by atoms with Gasteiger partial charge in [-0.05, 0) is 33.1 Å². The minimum atomic E-state index is 0.373. The number of rotatable bonds is 5. The summed E-state index contributed by atoms with van der Waals surface area (Å²) in [6.07, 6.45) is 3.12. The minimum absolute atomic E-state index is 0.373. The molecule has 1 aromatic heterocycles. The molecule has 1 heterocycles. The molecule has 0 saturated heterocycles. The summed E-state index contributed by atoms with van der Waals surface area (Å²) >= 11 is 0. The Bertz CT molecular complexity index is 291. The van der Waals surface area contributed by atoms with E-state index in [-0.39, 0.29) is 0 Å². The highest BCUT2D eigenvalue weighted by Crippen LogP contribution is 2.16. The van der Waals surface area contributed by atoms with Gasteiger partial charge in [-0.1, -0.05) is 13.8 Å². The molecule has 3 nitrogen and oxygen atoms in total. The molecule has 0 saturated carbocycles. The first-order chi connectivity index (χ1) is 7.00. The summed E-state index contributed by atoms with van der Waals surface area (Å²) in [5.74, 6) is 0.741. The van der Waals surface area contributed by atoms with Crippen molar-refractivity contribution in [2.75, 3.05) is 0 Å². The van der Waals surface area contributed by atoms with Gasteiger partial charge in [0.05, 0.1) is 6.20 Å². The molecule has 1 aromatic rings. The maximum atomic E-state index is 4.05. The first-order valence-corrected chi connectivity index (χ1v) is 5.76. The van der Waals surface area contributed by atoms with Gasteiger partial charge in [-0.2, -0.15) is 5.10 Å². The van der Waals surface area contributed by atoms with Crippen LogP contribution >= 0.6 is 0 Å². The van der Waals surface area contributed by atoms with Gasteiger partial charge >= 0.3 is 0 Å². The maximum Gasteiger partial charge on any atom is 0.0537 e. The standard InChI is InChI=1S/C12H23N3/c1-8(2)6-9(3)14-10(4)12-7-13-15-11(12)5/h7-10,14H,6H2,1-5H3,(H,13,15). The maximum absolute atomic E-state index is 4.05. The van der Waals surface area contributed by atoms with Crippen LogP contribution in [0.3, 0.4) is 0 Å². The Kier molecular flexibility index (Phi) is 4.33. The van der Waals surface area contributed by atoms with Gasteiger partial charge in [-0.3, -0.25) is 5.10 Å². The van der Waals surface area contributed by atoms with Gasteiger partial charge in [0, 0.05) is 23.3 Å². The van der Waals surface area contributed by atoms with E-state index in [0.29, 0.717) is 12.1 Å². The number of aromatic nitrogens is 2. The Balaban J connectivity index is 2.49. The van der Waals surface area contributed by atoms with Crippen LogP contribution in [0.4, 0.5) is 0 Å². The largest absolute Gasteiger partial charge is 0.308 e. The molecule has 0 spiro atoms. The summed E-state index contributed by atoms with van der Waals surface area (Å²) in [5, 5.41) is 10.6. The predicted octanol–water partition coefficient (Wildman–Crippen LogP) is 2.80. The number of aromatic amines is 1. The summed E-state index contributed by atoms with van der Waals surface area (Å²) < 4.78 is 0. The predicted molar refractivity (Wildman–Crippen MR) is 63.8 cm³/mol. The zero-order valence-corrected chi connectivity index (χ0v) is 10.5. The van der Waals surface area contributed by atoms with Crippen LogP contribution in [-0.2, 0) is 0 Å². The van der Waals surface area contributed by atoms with Crippen molar-refractivity contribution >= 4 is 0 Å². The first-order valence-electron chi connectivity index (χ1n) is 5.76. The molecule has 0 radical (unpaired) electrons. The fourth-order valence-electron chi connectivity index (χ4n) is 2.09. The number of nitrogens with zero attached hydrogens (tertiary/aromatic N) is 1. The summed E-state index contributed by atoms with van der Waals surface area (Å²) in [6.45, 7) is 11.0. The van der Waals surface area contributed by atoms with E-state index in [0.717, 1.165) is 11.6 Å². The second-order valence-corrected chi connectivity index (χ2v) is 4.87. The van der Waals surface area contributed by atoms with Gasteiger partial charge < -0.3 is 5.32 Å². The van der Waals surface area contributed by atoms with Crippen LogP contribution in [0.25, 0.3) is 0 Å². The molecule has 1 rings (SSSR count). The molecule has 2 unspecified atom stereocenters. The lowest BCUT2D eigenvalue weighted by atomic mass is 10.0. The minimum Gasteiger partial charge on any atom is -0.308 e. The highest BCUT2D eigenvalue weighted by atomic mass is 15.1. The molecule has 0 fully saturated rings. The molecule has 2 N–H and O–H groups in total. The van der Waals surface area contributed by atoms with Gasteiger partial charge in [0.25, 0.3) is 0 Å². The van der Waals surface area contributed by atoms with Crippen molar-refractivity contribution in [1.82, 2.24) is 15.5 Å². The third-order valence-corrected chi connectivity index (χ3v) is 2.69. The van der Waals surface area contributed by atoms with E-state index in [1.54, 1.807) is 0 Å². The lowest BCUT2D eigenvalue weighted by Gasteiger charge is -2.21. The Hall–Kier alpha value is -0.830. The molecule has 0 aliphatic carbocycles. The molecular formula is C12H23N3. The first kappa shape index (κ1) is 12.2. The van der Waals surface area contributed by atoms with Gasteiger partial charge in [0.15, 0.2) is 0 Å². The van der Waals surface area contributed by atoms with E-state index in [1.807, 2.05) is 6.20 Å². The fourth-order valence-corrected chi connectivity index (χ4v) is 2.09. The SMILES string of the molecule is Cc1[nH]ncc1C(C)NC(C)CC(C)C. The average Bonchev–Trinajstić information content (AvgIpc) is 2.49. The Morgan fingerprint density at radius 2 is 2.00 bits per heavy atom. The normalized spacial score (nSPS) is 15.6. The molecule has 86 valence electrons. The van der Waals surface area contributed by atoms with E-state index in [1.165, 1.54) is 12.0 Å². The number of hydrogen-bond donors (Lipinski definition) is 2. The Morgan fingerprint density at radius 1 is 1.33 bits per heavy atom. The van der Waals surface area contributed by atoms with E-state index >= 15 is 0 Å². The van der Waals surface area contributed by atoms with Crippen LogP contribution in [0.15, 0.2) is 6.20 Å². The van der Waals surface area contributed by atoms with Crippen molar-refractivity contribution in [2.24, 2.45) is 5.92 Å². The topological polar surface area (TPSA) is 40.7 Å². The second kappa shape index (κ2) is 5.31. The van der Waals surface area contributed by atoms with Crippen molar-refractivity contribution in [3.8, 4) is 0 Å². The van der Waals surface area contributed by atoms with Crippen LogP contribution in [0.1, 0.15) is 51.4 Å². The third kappa shape index (κ3) is 3.67. The van der Waals surface area contributed by atoms with Crippen LogP contribution in [-0.4, -0.2) is 16.2 Å². The fraction of sp³-hybridized carbons (Fsp3) is 0.750. The van der Waals surface area contributed by atoms with Crippen LogP contribution in [0.5, 0.6) is 0 Å². The highest BCUT2D eigenvalue weighted by molar-refractivity contribution is 5.18. The lowest BCUT2D eigenvalue weighted by molar-refractivity contribution is 0.406. The van der Waals surface area contributed by atoms with Gasteiger partial charge in [0.2, 0.25) is 0 Å². The third-order valence-electron chi connectivity index (χ3n) is 2.69. The quantitative estimate of drug-likeness (QED) is 0.783. The second-order valence-electron chi connectivity index (χ2n) is 4.87. The average molecular weight is 209 g/mol. The van der Waals surface area contributed by atoms with Crippen molar-refractivity contribution in [3.05, 3.63) is 17.5 Å². The number of nitrogens with one attached hydrogen (secondary N) is 2. The number of hydrogen-bond acceptors (Lipinski definition) is 2. The van der Waals surface area contributed by atoms with E-state index in [4.69, 9.17) is 0 Å². The summed E-state index contributed by atoms with van der Waals surface area (Å²) in [4.78, 5) is 0. The molecule has 0 aromatic carbocycles. The van der Waals surface area contributed by atoms with Crippen LogP contribution in [0, 0.1) is 12.8 Å². The lowest BCUT2D eigenvalue weighted by Crippen LogP contribution is -2.30. The summed E-state index contributed by atoms with van der Waals surface area (Å²) in [6, 6.07) is 0.923. The highest BCUT2D eigenvalue weighted by Gasteiger charge is 2.13. The van der Waals surface area contributed by atoms with Crippen molar-refractivity contribution in [1.29, 1.82) is 0 Å². The molecular weight excluding hydrogens is 186 g/mol. The Labute approximate surface area is 92.7 Å². The Morgan fingerprint density at radius 3 is 2.47 bits per heavy atom. The van der Waals surface area contributed by atoms with Crippen LogP contribution < -0.4 is 5.32 Å². The number of aryl methyl sites for hydroxylation is 1. The smallest absolute Gasteiger partial charge is 0.0537 e. The molecule has 15 heavy (non-hydrogen) atoms. The van der Waals surface area contributed by atoms with Crippen molar-refractivity contribution in [3.63, 3.8) is 0 Å². The summed E-state index contributed by atoms with van der Waals surface area (Å²) in [5.41, 5.74) is 2.43. The van der Waals surface area contributed by atoms with E-state index < -0.39 is 0 Å². The van der Waals surface area contributed by atoms with Crippen molar-refractivity contribution in [2.45, 2.75) is 53.1 Å². The van der Waals surface area contributed by atoms with E-state index in [2.05, 4.69) is 50.1 Å². The molecule has 0 bridgehead atoms.